The molecule has 0 amide bonds. The first-order valence-corrected chi connectivity index (χ1v) is 10.6. The number of carbonyl (C=O) groups is 1. The second-order valence-electron chi connectivity index (χ2n) is 8.31. The number of ketones is 1. The Hall–Kier alpha value is -3.60. The fourth-order valence-corrected chi connectivity index (χ4v) is 4.17. The van der Waals surface area contributed by atoms with E-state index in [4.69, 9.17) is 10.3 Å². The molecule has 0 spiro atoms. The third-order valence-corrected chi connectivity index (χ3v) is 6.21. The van der Waals surface area contributed by atoms with Gasteiger partial charge in [0.25, 0.3) is 5.56 Å². The first-order chi connectivity index (χ1) is 15.7. The van der Waals surface area contributed by atoms with E-state index in [0.29, 0.717) is 30.4 Å². The predicted octanol–water partition coefficient (Wildman–Crippen LogP) is 1.31. The number of benzene rings is 1. The molecule has 4 rings (SSSR count). The molecule has 2 aromatic heterocycles. The van der Waals surface area contributed by atoms with Crippen molar-refractivity contribution in [2.24, 2.45) is 14.1 Å². The number of Topliss-reactive ketones (excluding diaryl/α,β-unsaturated/α-hetero) is 1. The lowest BCUT2D eigenvalue weighted by Crippen LogP contribution is -2.48. The molecule has 1 fully saturated rings. The van der Waals surface area contributed by atoms with E-state index >= 15 is 0 Å². The molecule has 11 heteroatoms. The van der Waals surface area contributed by atoms with Gasteiger partial charge in [-0.05, 0) is 38.4 Å². The first-order valence-electron chi connectivity index (χ1n) is 10.6. The molecule has 33 heavy (non-hydrogen) atoms. The second kappa shape index (κ2) is 8.74. The SMILES string of the molecule is CC(C(=O)c1c(N)n(C)c(=O)n(C)c1=O)N1CCCC(c2nc(-c3cccc(F)c3)no2)C1. The minimum atomic E-state index is -0.711. The molecule has 1 aliphatic rings. The van der Waals surface area contributed by atoms with Crippen molar-refractivity contribution >= 4 is 11.6 Å². The van der Waals surface area contributed by atoms with Gasteiger partial charge in [-0.2, -0.15) is 4.98 Å². The number of nitrogens with two attached hydrogens (primary N) is 1. The monoisotopic (exact) mass is 456 g/mol. The van der Waals surface area contributed by atoms with E-state index in [1.54, 1.807) is 19.1 Å². The minimum absolute atomic E-state index is 0.121. The van der Waals surface area contributed by atoms with Crippen molar-refractivity contribution in [1.82, 2.24) is 24.2 Å². The zero-order valence-corrected chi connectivity index (χ0v) is 18.6. The fourth-order valence-electron chi connectivity index (χ4n) is 4.17. The molecule has 2 atom stereocenters. The van der Waals surface area contributed by atoms with E-state index in [-0.39, 0.29) is 23.1 Å². The van der Waals surface area contributed by atoms with Crippen LogP contribution >= 0.6 is 0 Å². The lowest BCUT2D eigenvalue weighted by atomic mass is 9.95. The van der Waals surface area contributed by atoms with E-state index in [1.807, 2.05) is 4.90 Å². The van der Waals surface area contributed by atoms with Gasteiger partial charge >= 0.3 is 5.69 Å². The number of nitrogen functional groups attached to an aromatic ring is 1. The van der Waals surface area contributed by atoms with Crippen LogP contribution in [0.15, 0.2) is 38.4 Å². The second-order valence-corrected chi connectivity index (χ2v) is 8.31. The third-order valence-electron chi connectivity index (χ3n) is 6.21. The molecule has 0 aliphatic carbocycles. The highest BCUT2D eigenvalue weighted by Gasteiger charge is 2.33. The number of halogens is 1. The molecule has 10 nitrogen and oxygen atoms in total. The Kier molecular flexibility index (Phi) is 5.98. The summed E-state index contributed by atoms with van der Waals surface area (Å²) in [6, 6.07) is 5.30. The number of hydrogen-bond donors (Lipinski definition) is 1. The highest BCUT2D eigenvalue weighted by atomic mass is 19.1. The van der Waals surface area contributed by atoms with Gasteiger partial charge in [0, 0.05) is 26.2 Å². The Morgan fingerprint density at radius 3 is 2.76 bits per heavy atom. The first kappa shape index (κ1) is 22.6. The topological polar surface area (TPSA) is 129 Å². The predicted molar refractivity (Wildman–Crippen MR) is 118 cm³/mol. The fraction of sp³-hybridized carbons (Fsp3) is 0.409. The van der Waals surface area contributed by atoms with Gasteiger partial charge in [0.2, 0.25) is 11.7 Å². The normalized spacial score (nSPS) is 17.8. The Labute approximate surface area is 188 Å². The molecular formula is C22H25FN6O4. The molecule has 2 unspecified atom stereocenters. The van der Waals surface area contributed by atoms with Gasteiger partial charge in [-0.3, -0.25) is 23.6 Å². The van der Waals surface area contributed by atoms with Gasteiger partial charge < -0.3 is 10.3 Å². The van der Waals surface area contributed by atoms with E-state index in [1.165, 1.54) is 26.2 Å². The van der Waals surface area contributed by atoms with Crippen molar-refractivity contribution in [3.05, 3.63) is 62.4 Å². The van der Waals surface area contributed by atoms with Crippen LogP contribution in [0.1, 0.15) is 41.9 Å². The zero-order valence-electron chi connectivity index (χ0n) is 18.6. The lowest BCUT2D eigenvalue weighted by molar-refractivity contribution is 0.0775. The number of nitrogens with zero attached hydrogens (tertiary/aromatic N) is 5. The average molecular weight is 456 g/mol. The summed E-state index contributed by atoms with van der Waals surface area (Å²) in [5.41, 5.74) is 4.98. The maximum atomic E-state index is 13.5. The van der Waals surface area contributed by atoms with Gasteiger partial charge in [0.05, 0.1) is 12.0 Å². The van der Waals surface area contributed by atoms with Crippen molar-refractivity contribution in [3.63, 3.8) is 0 Å². The van der Waals surface area contributed by atoms with Gasteiger partial charge in [0.1, 0.15) is 17.2 Å². The summed E-state index contributed by atoms with van der Waals surface area (Å²) in [4.78, 5) is 44.3. The van der Waals surface area contributed by atoms with Crippen LogP contribution in [0.5, 0.6) is 0 Å². The van der Waals surface area contributed by atoms with Gasteiger partial charge in [-0.25, -0.2) is 9.18 Å². The van der Waals surface area contributed by atoms with E-state index < -0.39 is 23.1 Å². The number of carbonyl (C=O) groups excluding carboxylic acids is 1. The van der Waals surface area contributed by atoms with Crippen LogP contribution in [-0.4, -0.2) is 49.1 Å². The molecule has 3 heterocycles. The van der Waals surface area contributed by atoms with Crippen molar-refractivity contribution in [2.75, 3.05) is 18.8 Å². The maximum absolute atomic E-state index is 13.5. The van der Waals surface area contributed by atoms with Crippen molar-refractivity contribution in [3.8, 4) is 11.4 Å². The molecule has 2 N–H and O–H groups in total. The summed E-state index contributed by atoms with van der Waals surface area (Å²) in [5.74, 6) is -0.396. The highest BCUT2D eigenvalue weighted by molar-refractivity contribution is 6.03. The summed E-state index contributed by atoms with van der Waals surface area (Å²) in [6.45, 7) is 2.81. The molecule has 3 aromatic rings. The van der Waals surface area contributed by atoms with E-state index in [0.717, 1.165) is 22.0 Å². The number of anilines is 1. The van der Waals surface area contributed by atoms with Gasteiger partial charge in [0.15, 0.2) is 5.78 Å². The summed E-state index contributed by atoms with van der Waals surface area (Å²) >= 11 is 0. The molecule has 1 aliphatic heterocycles. The molecule has 0 radical (unpaired) electrons. The van der Waals surface area contributed by atoms with Crippen molar-refractivity contribution < 1.29 is 13.7 Å². The van der Waals surface area contributed by atoms with Crippen molar-refractivity contribution in [1.29, 1.82) is 0 Å². The Bertz CT molecular complexity index is 1330. The number of aromatic nitrogens is 4. The van der Waals surface area contributed by atoms with E-state index in [9.17, 15) is 18.8 Å². The van der Waals surface area contributed by atoms with Gasteiger partial charge in [-0.1, -0.05) is 17.3 Å². The summed E-state index contributed by atoms with van der Waals surface area (Å²) in [6.07, 6.45) is 1.56. The van der Waals surface area contributed by atoms with E-state index in [2.05, 4.69) is 10.1 Å². The summed E-state index contributed by atoms with van der Waals surface area (Å²) in [5, 5.41) is 3.97. The van der Waals surface area contributed by atoms with Crippen LogP contribution in [0.2, 0.25) is 0 Å². The molecular weight excluding hydrogens is 431 g/mol. The van der Waals surface area contributed by atoms with Crippen LogP contribution in [-0.2, 0) is 14.1 Å². The lowest BCUT2D eigenvalue weighted by Gasteiger charge is -2.34. The van der Waals surface area contributed by atoms with Gasteiger partial charge in [-0.15, -0.1) is 0 Å². The third kappa shape index (κ3) is 4.11. The Balaban J connectivity index is 1.56. The molecule has 0 saturated carbocycles. The largest absolute Gasteiger partial charge is 0.384 e. The van der Waals surface area contributed by atoms with Crippen molar-refractivity contribution in [2.45, 2.75) is 31.7 Å². The maximum Gasteiger partial charge on any atom is 0.332 e. The summed E-state index contributed by atoms with van der Waals surface area (Å²) in [7, 11) is 2.73. The summed E-state index contributed by atoms with van der Waals surface area (Å²) < 4.78 is 20.9. The average Bonchev–Trinajstić information content (AvgIpc) is 3.31. The Morgan fingerprint density at radius 1 is 1.27 bits per heavy atom. The molecule has 1 aromatic carbocycles. The smallest absolute Gasteiger partial charge is 0.332 e. The van der Waals surface area contributed by atoms with Crippen LogP contribution in [0, 0.1) is 5.82 Å². The highest BCUT2D eigenvalue weighted by Crippen LogP contribution is 2.29. The quantitative estimate of drug-likeness (QED) is 0.569. The number of rotatable bonds is 5. The standard InChI is InChI=1S/C22H25FN6O4/c1-12(17(30)16-18(24)27(2)22(32)28(3)21(16)31)29-9-5-7-14(11-29)20-25-19(26-33-20)13-6-4-8-15(23)10-13/h4,6,8,10,12,14H,5,7,9,11,24H2,1-3H3. The van der Waals surface area contributed by atoms with Crippen LogP contribution in [0.3, 0.4) is 0 Å². The number of likely N-dealkylation sites (tertiary alicyclic amines) is 1. The number of hydrogen-bond acceptors (Lipinski definition) is 8. The van der Waals surface area contributed by atoms with Crippen LogP contribution < -0.4 is 17.0 Å². The zero-order chi connectivity index (χ0) is 23.9. The molecule has 0 bridgehead atoms. The molecule has 174 valence electrons. The minimum Gasteiger partial charge on any atom is -0.384 e. The number of piperidine rings is 1. The van der Waals surface area contributed by atoms with Crippen LogP contribution in [0.25, 0.3) is 11.4 Å². The molecule has 1 saturated heterocycles. The Morgan fingerprint density at radius 2 is 2.03 bits per heavy atom. The van der Waals surface area contributed by atoms with Crippen LogP contribution in [0.4, 0.5) is 10.2 Å².